The predicted molar refractivity (Wildman–Crippen MR) is 61.3 cm³/mol. The van der Waals surface area contributed by atoms with Crippen LogP contribution >= 0.6 is 0 Å². The lowest BCUT2D eigenvalue weighted by molar-refractivity contribution is -0.141. The largest absolute Gasteiger partial charge is 0.480 e. The lowest BCUT2D eigenvalue weighted by Gasteiger charge is -2.20. The number of carboxylic acids is 1. The number of alkyl halides is 2. The van der Waals surface area contributed by atoms with E-state index in [1.54, 1.807) is 0 Å². The highest BCUT2D eigenvalue weighted by Gasteiger charge is 2.53. The molecule has 1 aliphatic heterocycles. The molecule has 1 aliphatic rings. The van der Waals surface area contributed by atoms with Crippen molar-refractivity contribution in [2.45, 2.75) is 23.3 Å². The molecule has 1 atom stereocenters. The van der Waals surface area contributed by atoms with Crippen LogP contribution in [-0.4, -0.2) is 42.3 Å². The summed E-state index contributed by atoms with van der Waals surface area (Å²) in [4.78, 5) is 10.5. The van der Waals surface area contributed by atoms with Gasteiger partial charge in [-0.15, -0.1) is 0 Å². The molecule has 0 radical (unpaired) electrons. The number of hydrogen-bond acceptors (Lipinski definition) is 3. The van der Waals surface area contributed by atoms with E-state index in [2.05, 4.69) is 0 Å². The van der Waals surface area contributed by atoms with Gasteiger partial charge in [0.2, 0.25) is 10.0 Å². The number of nitrogens with zero attached hydrogens (tertiary/aromatic N) is 1. The highest BCUT2D eigenvalue weighted by Crippen LogP contribution is 2.35. The van der Waals surface area contributed by atoms with Gasteiger partial charge >= 0.3 is 5.97 Å². The van der Waals surface area contributed by atoms with E-state index in [0.717, 1.165) is 24.3 Å². The zero-order valence-electron chi connectivity index (χ0n) is 9.96. The van der Waals surface area contributed by atoms with Crippen molar-refractivity contribution in [2.75, 3.05) is 6.54 Å². The highest BCUT2D eigenvalue weighted by molar-refractivity contribution is 7.89. The van der Waals surface area contributed by atoms with Crippen LogP contribution in [0.3, 0.4) is 0 Å². The van der Waals surface area contributed by atoms with E-state index in [9.17, 15) is 26.4 Å². The topological polar surface area (TPSA) is 74.7 Å². The Hall–Kier alpha value is -1.61. The van der Waals surface area contributed by atoms with Crippen LogP contribution in [0.15, 0.2) is 29.2 Å². The molecular formula is C11H10F3NO4S. The number of aliphatic carboxylic acids is 1. The molecule has 0 bridgehead atoms. The van der Waals surface area contributed by atoms with Gasteiger partial charge in [0.1, 0.15) is 11.9 Å². The molecule has 110 valence electrons. The van der Waals surface area contributed by atoms with Crippen LogP contribution in [0.5, 0.6) is 0 Å². The second-order valence-corrected chi connectivity index (χ2v) is 6.31. The highest BCUT2D eigenvalue weighted by atomic mass is 32.2. The average Bonchev–Trinajstić information content (AvgIpc) is 2.67. The SMILES string of the molecule is O=C(O)C1CC(F)(F)CN1S(=O)(=O)c1ccc(F)cc1. The van der Waals surface area contributed by atoms with Gasteiger partial charge in [0.05, 0.1) is 11.4 Å². The molecule has 0 spiro atoms. The minimum absolute atomic E-state index is 0.239. The van der Waals surface area contributed by atoms with Crippen LogP contribution in [0.25, 0.3) is 0 Å². The van der Waals surface area contributed by atoms with Crippen LogP contribution in [0.1, 0.15) is 6.42 Å². The van der Waals surface area contributed by atoms with Gasteiger partial charge in [-0.05, 0) is 24.3 Å². The predicted octanol–water partition coefficient (Wildman–Crippen LogP) is 1.31. The Morgan fingerprint density at radius 1 is 1.30 bits per heavy atom. The first-order valence-corrected chi connectivity index (χ1v) is 6.95. The second-order valence-electron chi connectivity index (χ2n) is 4.42. The summed E-state index contributed by atoms with van der Waals surface area (Å²) < 4.78 is 63.9. The molecule has 20 heavy (non-hydrogen) atoms. The second kappa shape index (κ2) is 4.74. The summed E-state index contributed by atoms with van der Waals surface area (Å²) in [5.41, 5.74) is 0. The van der Waals surface area contributed by atoms with E-state index >= 15 is 0 Å². The number of benzene rings is 1. The number of halogens is 3. The third-order valence-corrected chi connectivity index (χ3v) is 4.80. The summed E-state index contributed by atoms with van der Waals surface area (Å²) in [6.45, 7) is -1.20. The Kier molecular flexibility index (Phi) is 3.51. The van der Waals surface area contributed by atoms with Crippen molar-refractivity contribution in [2.24, 2.45) is 0 Å². The van der Waals surface area contributed by atoms with Crippen LogP contribution in [0.2, 0.25) is 0 Å². The number of carboxylic acid groups (broad SMARTS) is 1. The number of rotatable bonds is 3. The lowest BCUT2D eigenvalue weighted by Crippen LogP contribution is -2.40. The minimum Gasteiger partial charge on any atom is -0.480 e. The molecule has 1 unspecified atom stereocenters. The fourth-order valence-corrected chi connectivity index (χ4v) is 3.60. The number of carbonyl (C=O) groups is 1. The van der Waals surface area contributed by atoms with Crippen LogP contribution in [0.4, 0.5) is 13.2 Å². The van der Waals surface area contributed by atoms with E-state index in [0.29, 0.717) is 0 Å². The standard InChI is InChI=1S/C11H10F3NO4S/c12-7-1-3-8(4-2-7)20(18,19)15-6-11(13,14)5-9(15)10(16)17/h1-4,9H,5-6H2,(H,16,17). The Labute approximate surface area is 112 Å². The molecule has 9 heteroatoms. The van der Waals surface area contributed by atoms with E-state index in [1.165, 1.54) is 0 Å². The van der Waals surface area contributed by atoms with Gasteiger partial charge in [-0.25, -0.2) is 21.6 Å². The van der Waals surface area contributed by atoms with Crippen molar-refractivity contribution in [3.63, 3.8) is 0 Å². The molecule has 1 aromatic carbocycles. The van der Waals surface area contributed by atoms with E-state index < -0.39 is 51.6 Å². The van der Waals surface area contributed by atoms with Crippen molar-refractivity contribution in [3.05, 3.63) is 30.1 Å². The van der Waals surface area contributed by atoms with E-state index in [4.69, 9.17) is 5.11 Å². The van der Waals surface area contributed by atoms with Gasteiger partial charge in [0, 0.05) is 6.42 Å². The van der Waals surface area contributed by atoms with E-state index in [-0.39, 0.29) is 4.31 Å². The maximum atomic E-state index is 13.3. The van der Waals surface area contributed by atoms with Gasteiger partial charge in [0.25, 0.3) is 5.92 Å². The number of hydrogen-bond donors (Lipinski definition) is 1. The quantitative estimate of drug-likeness (QED) is 0.913. The summed E-state index contributed by atoms with van der Waals surface area (Å²) in [6, 6.07) is 1.69. The molecular weight excluding hydrogens is 299 g/mol. The van der Waals surface area contributed by atoms with Gasteiger partial charge in [0.15, 0.2) is 0 Å². The van der Waals surface area contributed by atoms with Crippen molar-refractivity contribution < 1.29 is 31.5 Å². The molecule has 1 heterocycles. The number of sulfonamides is 1. The summed E-state index contributed by atoms with van der Waals surface area (Å²) >= 11 is 0. The van der Waals surface area contributed by atoms with Crippen molar-refractivity contribution in [1.29, 1.82) is 0 Å². The first kappa shape index (κ1) is 14.8. The minimum atomic E-state index is -4.41. The maximum Gasteiger partial charge on any atom is 0.322 e. The smallest absolute Gasteiger partial charge is 0.322 e. The van der Waals surface area contributed by atoms with Crippen molar-refractivity contribution >= 4 is 16.0 Å². The zero-order valence-corrected chi connectivity index (χ0v) is 10.8. The molecule has 0 amide bonds. The monoisotopic (exact) mass is 309 g/mol. The molecule has 0 aliphatic carbocycles. The fraction of sp³-hybridized carbons (Fsp3) is 0.364. The van der Waals surface area contributed by atoms with Crippen molar-refractivity contribution in [3.8, 4) is 0 Å². The third kappa shape index (κ3) is 2.63. The summed E-state index contributed by atoms with van der Waals surface area (Å²) in [5.74, 6) is -5.74. The molecule has 1 fully saturated rings. The Bertz CT molecular complexity index is 630. The van der Waals surface area contributed by atoms with Crippen LogP contribution in [-0.2, 0) is 14.8 Å². The molecule has 0 aromatic heterocycles. The molecule has 1 N–H and O–H groups in total. The first-order valence-electron chi connectivity index (χ1n) is 5.51. The molecule has 5 nitrogen and oxygen atoms in total. The van der Waals surface area contributed by atoms with Gasteiger partial charge in [-0.3, -0.25) is 4.79 Å². The molecule has 2 rings (SSSR count). The molecule has 1 aromatic rings. The third-order valence-electron chi connectivity index (χ3n) is 2.93. The van der Waals surface area contributed by atoms with E-state index in [1.807, 2.05) is 0 Å². The van der Waals surface area contributed by atoms with Crippen molar-refractivity contribution in [1.82, 2.24) is 4.31 Å². The average molecular weight is 309 g/mol. The maximum absolute atomic E-state index is 13.3. The van der Waals surface area contributed by atoms with Crippen LogP contribution < -0.4 is 0 Å². The Morgan fingerprint density at radius 2 is 1.85 bits per heavy atom. The zero-order chi connectivity index (χ0) is 15.1. The van der Waals surface area contributed by atoms with Crippen LogP contribution in [0, 0.1) is 5.82 Å². The normalized spacial score (nSPS) is 22.9. The first-order chi connectivity index (χ1) is 9.13. The van der Waals surface area contributed by atoms with Gasteiger partial charge in [-0.2, -0.15) is 4.31 Å². The molecule has 0 saturated carbocycles. The fourth-order valence-electron chi connectivity index (χ4n) is 1.99. The summed E-state index contributed by atoms with van der Waals surface area (Å²) in [6.07, 6.45) is -1.08. The van der Waals surface area contributed by atoms with Gasteiger partial charge in [-0.1, -0.05) is 0 Å². The Morgan fingerprint density at radius 3 is 2.35 bits per heavy atom. The Balaban J connectivity index is 2.42. The van der Waals surface area contributed by atoms with Gasteiger partial charge < -0.3 is 5.11 Å². The molecule has 1 saturated heterocycles. The lowest BCUT2D eigenvalue weighted by atomic mass is 10.2. The summed E-state index contributed by atoms with van der Waals surface area (Å²) in [5, 5.41) is 8.87. The summed E-state index contributed by atoms with van der Waals surface area (Å²) in [7, 11) is -4.41.